The molecule has 2 rings (SSSR count). The molecule has 1 atom stereocenters. The summed E-state index contributed by atoms with van der Waals surface area (Å²) in [5.41, 5.74) is 1.17. The quantitative estimate of drug-likeness (QED) is 0.668. The van der Waals surface area contributed by atoms with Crippen LogP contribution in [0.1, 0.15) is 23.4 Å². The van der Waals surface area contributed by atoms with Crippen molar-refractivity contribution in [1.29, 1.82) is 0 Å². The minimum Gasteiger partial charge on any atom is -0.306 e. The smallest absolute Gasteiger partial charge is 0.0931 e. The van der Waals surface area contributed by atoms with Gasteiger partial charge in [0.15, 0.2) is 0 Å². The summed E-state index contributed by atoms with van der Waals surface area (Å²) in [6.45, 7) is 2.99. The maximum atomic E-state index is 6.19. The van der Waals surface area contributed by atoms with Crippen LogP contribution in [0, 0.1) is 3.57 Å². The summed E-state index contributed by atoms with van der Waals surface area (Å²) < 4.78 is 1.88. The van der Waals surface area contributed by atoms with Crippen LogP contribution in [0.5, 0.6) is 0 Å². The molecule has 18 heavy (non-hydrogen) atoms. The Hall–Kier alpha value is 0.190. The normalized spacial score (nSPS) is 12.7. The van der Waals surface area contributed by atoms with Crippen LogP contribution in [-0.4, -0.2) is 6.54 Å². The van der Waals surface area contributed by atoms with Gasteiger partial charge in [0.2, 0.25) is 0 Å². The zero-order valence-corrected chi connectivity index (χ0v) is 14.2. The van der Waals surface area contributed by atoms with Gasteiger partial charge in [0, 0.05) is 8.45 Å². The SMILES string of the molecule is CCNC(c1ccc(I)c(Cl)c1)c1ccc(Cl)s1. The summed E-state index contributed by atoms with van der Waals surface area (Å²) in [5.74, 6) is 0. The molecule has 0 spiro atoms. The van der Waals surface area contributed by atoms with Crippen LogP contribution >= 0.6 is 57.1 Å². The summed E-state index contributed by atoms with van der Waals surface area (Å²) in [6.07, 6.45) is 0. The lowest BCUT2D eigenvalue weighted by molar-refractivity contribution is 0.639. The molecule has 1 aromatic heterocycles. The first-order chi connectivity index (χ1) is 8.61. The van der Waals surface area contributed by atoms with Gasteiger partial charge in [0.25, 0.3) is 0 Å². The second-order valence-corrected chi connectivity index (χ2v) is 7.12. The van der Waals surface area contributed by atoms with E-state index in [1.165, 1.54) is 10.4 Å². The molecular weight excluding hydrogens is 400 g/mol. The summed E-state index contributed by atoms with van der Waals surface area (Å²) in [5, 5.41) is 4.26. The van der Waals surface area contributed by atoms with E-state index in [0.717, 1.165) is 19.5 Å². The van der Waals surface area contributed by atoms with E-state index < -0.39 is 0 Å². The van der Waals surface area contributed by atoms with Gasteiger partial charge in [0.1, 0.15) is 0 Å². The van der Waals surface area contributed by atoms with Crippen molar-refractivity contribution < 1.29 is 0 Å². The van der Waals surface area contributed by atoms with Gasteiger partial charge in [-0.3, -0.25) is 0 Å². The van der Waals surface area contributed by atoms with E-state index in [-0.39, 0.29) is 6.04 Å². The molecular formula is C13H12Cl2INS. The van der Waals surface area contributed by atoms with Crippen LogP contribution in [-0.2, 0) is 0 Å². The fraction of sp³-hybridized carbons (Fsp3) is 0.231. The fourth-order valence-corrected chi connectivity index (χ4v) is 3.45. The van der Waals surface area contributed by atoms with Crippen molar-refractivity contribution in [2.45, 2.75) is 13.0 Å². The standard InChI is InChI=1S/C13H12Cl2INS/c1-2-17-13(11-5-6-12(15)18-11)8-3-4-10(16)9(14)7-8/h3-7,13,17H,2H2,1H3. The number of rotatable bonds is 4. The summed E-state index contributed by atoms with van der Waals surface area (Å²) in [6, 6.07) is 10.3. The van der Waals surface area contributed by atoms with E-state index >= 15 is 0 Å². The third-order valence-corrected chi connectivity index (χ3v) is 5.43. The van der Waals surface area contributed by atoms with Crippen molar-refractivity contribution in [3.05, 3.63) is 53.7 Å². The highest BCUT2D eigenvalue weighted by atomic mass is 127. The Kier molecular flexibility index (Phi) is 5.33. The lowest BCUT2D eigenvalue weighted by atomic mass is 10.1. The zero-order valence-electron chi connectivity index (χ0n) is 9.71. The minimum absolute atomic E-state index is 0.155. The van der Waals surface area contributed by atoms with Gasteiger partial charge in [-0.05, 0) is 59.0 Å². The minimum atomic E-state index is 0.155. The van der Waals surface area contributed by atoms with Crippen LogP contribution in [0.2, 0.25) is 9.36 Å². The molecule has 0 aliphatic rings. The summed E-state index contributed by atoms with van der Waals surface area (Å²) in [4.78, 5) is 1.21. The van der Waals surface area contributed by atoms with E-state index in [2.05, 4.69) is 47.0 Å². The van der Waals surface area contributed by atoms with Crippen LogP contribution in [0.25, 0.3) is 0 Å². The molecule has 0 saturated heterocycles. The molecule has 96 valence electrons. The Morgan fingerprint density at radius 1 is 1.28 bits per heavy atom. The Balaban J connectivity index is 2.37. The maximum Gasteiger partial charge on any atom is 0.0931 e. The van der Waals surface area contributed by atoms with Crippen molar-refractivity contribution in [2.75, 3.05) is 6.54 Å². The Morgan fingerprint density at radius 2 is 2.06 bits per heavy atom. The molecule has 1 aromatic carbocycles. The highest BCUT2D eigenvalue weighted by molar-refractivity contribution is 14.1. The number of thiophene rings is 1. The van der Waals surface area contributed by atoms with E-state index in [1.807, 2.05) is 18.2 Å². The molecule has 0 fully saturated rings. The van der Waals surface area contributed by atoms with Gasteiger partial charge in [-0.1, -0.05) is 36.2 Å². The van der Waals surface area contributed by atoms with Crippen molar-refractivity contribution in [2.24, 2.45) is 0 Å². The van der Waals surface area contributed by atoms with Crippen molar-refractivity contribution in [3.8, 4) is 0 Å². The van der Waals surface area contributed by atoms with E-state index in [4.69, 9.17) is 23.2 Å². The van der Waals surface area contributed by atoms with Crippen molar-refractivity contribution in [1.82, 2.24) is 5.32 Å². The molecule has 1 N–H and O–H groups in total. The zero-order chi connectivity index (χ0) is 13.1. The largest absolute Gasteiger partial charge is 0.306 e. The average Bonchev–Trinajstić information content (AvgIpc) is 2.76. The molecule has 0 radical (unpaired) electrons. The van der Waals surface area contributed by atoms with Crippen molar-refractivity contribution in [3.63, 3.8) is 0 Å². The maximum absolute atomic E-state index is 6.19. The molecule has 0 saturated carbocycles. The predicted octanol–water partition coefficient (Wildman–Crippen LogP) is 5.36. The first-order valence-corrected chi connectivity index (χ1v) is 8.20. The number of halogens is 3. The second kappa shape index (κ2) is 6.57. The lowest BCUT2D eigenvalue weighted by Gasteiger charge is -2.17. The van der Waals surface area contributed by atoms with Gasteiger partial charge in [-0.25, -0.2) is 0 Å². The van der Waals surface area contributed by atoms with Gasteiger partial charge in [-0.2, -0.15) is 0 Å². The second-order valence-electron chi connectivity index (χ2n) is 3.81. The van der Waals surface area contributed by atoms with Gasteiger partial charge >= 0.3 is 0 Å². The first-order valence-electron chi connectivity index (χ1n) is 5.55. The molecule has 5 heteroatoms. The molecule has 0 aliphatic heterocycles. The van der Waals surface area contributed by atoms with Gasteiger partial charge in [0.05, 0.1) is 15.4 Å². The van der Waals surface area contributed by atoms with Crippen LogP contribution in [0.3, 0.4) is 0 Å². The van der Waals surface area contributed by atoms with Crippen LogP contribution in [0.4, 0.5) is 0 Å². The molecule has 0 amide bonds. The third-order valence-electron chi connectivity index (χ3n) is 2.56. The molecule has 1 heterocycles. The average molecular weight is 412 g/mol. The number of hydrogen-bond acceptors (Lipinski definition) is 2. The summed E-state index contributed by atoms with van der Waals surface area (Å²) in [7, 11) is 0. The van der Waals surface area contributed by atoms with E-state index in [9.17, 15) is 0 Å². The highest BCUT2D eigenvalue weighted by Gasteiger charge is 2.16. The van der Waals surface area contributed by atoms with E-state index in [0.29, 0.717) is 0 Å². The number of hydrogen-bond donors (Lipinski definition) is 1. The van der Waals surface area contributed by atoms with Crippen LogP contribution < -0.4 is 5.32 Å². The Labute approximate surface area is 135 Å². The Morgan fingerprint density at radius 3 is 2.61 bits per heavy atom. The summed E-state index contributed by atoms with van der Waals surface area (Å²) >= 11 is 16.0. The predicted molar refractivity (Wildman–Crippen MR) is 89.0 cm³/mol. The molecule has 2 aromatic rings. The van der Waals surface area contributed by atoms with E-state index in [1.54, 1.807) is 11.3 Å². The monoisotopic (exact) mass is 411 g/mol. The lowest BCUT2D eigenvalue weighted by Crippen LogP contribution is -2.21. The molecule has 1 nitrogen and oxygen atoms in total. The van der Waals surface area contributed by atoms with Gasteiger partial charge in [-0.15, -0.1) is 11.3 Å². The third kappa shape index (κ3) is 3.39. The topological polar surface area (TPSA) is 12.0 Å². The fourth-order valence-electron chi connectivity index (χ4n) is 1.76. The molecule has 1 unspecified atom stereocenters. The highest BCUT2D eigenvalue weighted by Crippen LogP contribution is 2.32. The molecule has 0 bridgehead atoms. The molecule has 0 aliphatic carbocycles. The number of nitrogens with one attached hydrogen (secondary N) is 1. The number of benzene rings is 1. The first kappa shape index (κ1) is 14.6. The van der Waals surface area contributed by atoms with Crippen molar-refractivity contribution >= 4 is 57.1 Å². The van der Waals surface area contributed by atoms with Gasteiger partial charge < -0.3 is 5.32 Å². The Bertz CT molecular complexity index is 542. The van der Waals surface area contributed by atoms with Crippen LogP contribution in [0.15, 0.2) is 30.3 Å².